The van der Waals surface area contributed by atoms with Crippen molar-refractivity contribution in [1.29, 1.82) is 0 Å². The minimum atomic E-state index is 0.362. The van der Waals surface area contributed by atoms with E-state index in [1.54, 1.807) is 16.9 Å². The number of anilines is 1. The van der Waals surface area contributed by atoms with Crippen LogP contribution in [0.25, 0.3) is 5.82 Å². The summed E-state index contributed by atoms with van der Waals surface area (Å²) in [5.41, 5.74) is 4.30. The third-order valence-corrected chi connectivity index (χ3v) is 3.34. The van der Waals surface area contributed by atoms with Gasteiger partial charge in [-0.2, -0.15) is 10.1 Å². The van der Waals surface area contributed by atoms with Crippen LogP contribution in [0.2, 0.25) is 0 Å². The van der Waals surface area contributed by atoms with Crippen molar-refractivity contribution in [3.63, 3.8) is 0 Å². The zero-order valence-corrected chi connectivity index (χ0v) is 10.5. The van der Waals surface area contributed by atoms with E-state index in [1.807, 2.05) is 13.8 Å². The number of nitrogen functional groups attached to an aromatic ring is 1. The van der Waals surface area contributed by atoms with Crippen LogP contribution in [0.5, 0.6) is 0 Å². The molecule has 2 aromatic rings. The van der Waals surface area contributed by atoms with Crippen molar-refractivity contribution in [1.82, 2.24) is 19.7 Å². The Morgan fingerprint density at radius 1 is 1.44 bits per heavy atom. The van der Waals surface area contributed by atoms with Gasteiger partial charge in [0.05, 0.1) is 15.9 Å². The van der Waals surface area contributed by atoms with E-state index < -0.39 is 0 Å². The summed E-state index contributed by atoms with van der Waals surface area (Å²) < 4.78 is 2.72. The van der Waals surface area contributed by atoms with E-state index in [-0.39, 0.29) is 0 Å². The zero-order chi connectivity index (χ0) is 11.7. The molecule has 0 aliphatic carbocycles. The molecule has 84 valence electrons. The molecule has 0 aliphatic rings. The second kappa shape index (κ2) is 4.18. The summed E-state index contributed by atoms with van der Waals surface area (Å²) in [7, 11) is 0. The van der Waals surface area contributed by atoms with Gasteiger partial charge < -0.3 is 0 Å². The second-order valence-electron chi connectivity index (χ2n) is 3.28. The summed E-state index contributed by atoms with van der Waals surface area (Å²) in [5.74, 6) is 6.29. The monoisotopic (exact) mass is 282 g/mol. The minimum Gasteiger partial charge on any atom is -0.292 e. The zero-order valence-electron chi connectivity index (χ0n) is 8.90. The molecule has 0 bridgehead atoms. The number of nitrogens with zero attached hydrogens (tertiary/aromatic N) is 4. The largest absolute Gasteiger partial charge is 0.292 e. The highest BCUT2D eigenvalue weighted by molar-refractivity contribution is 9.10. The first-order valence-corrected chi connectivity index (χ1v) is 5.44. The molecule has 3 N–H and O–H groups in total. The fourth-order valence-corrected chi connectivity index (χ4v) is 1.63. The van der Waals surface area contributed by atoms with Gasteiger partial charge in [-0.1, -0.05) is 0 Å². The van der Waals surface area contributed by atoms with Crippen molar-refractivity contribution in [2.75, 3.05) is 5.43 Å². The van der Waals surface area contributed by atoms with Crippen LogP contribution < -0.4 is 11.3 Å². The molecule has 0 aliphatic heterocycles. The van der Waals surface area contributed by atoms with Gasteiger partial charge in [-0.25, -0.2) is 15.5 Å². The molecule has 0 saturated heterocycles. The van der Waals surface area contributed by atoms with Gasteiger partial charge in [0, 0.05) is 12.3 Å². The third-order valence-electron chi connectivity index (χ3n) is 2.19. The van der Waals surface area contributed by atoms with Crippen molar-refractivity contribution in [2.24, 2.45) is 5.84 Å². The van der Waals surface area contributed by atoms with Crippen LogP contribution in [0.15, 0.2) is 16.7 Å². The summed E-state index contributed by atoms with van der Waals surface area (Å²) in [6.45, 7) is 3.89. The van der Waals surface area contributed by atoms with Gasteiger partial charge in [0.2, 0.25) is 5.95 Å². The van der Waals surface area contributed by atoms with Gasteiger partial charge >= 0.3 is 0 Å². The quantitative estimate of drug-likeness (QED) is 0.642. The predicted octanol–water partition coefficient (Wildman–Crippen LogP) is 1.33. The molecule has 0 saturated carbocycles. The van der Waals surface area contributed by atoms with Crippen LogP contribution in [0, 0.1) is 13.8 Å². The predicted molar refractivity (Wildman–Crippen MR) is 64.1 cm³/mol. The molecule has 0 fully saturated rings. The topological polar surface area (TPSA) is 81.7 Å². The van der Waals surface area contributed by atoms with Crippen LogP contribution in [0.3, 0.4) is 0 Å². The molecule has 7 heteroatoms. The molecule has 0 unspecified atom stereocenters. The Morgan fingerprint density at radius 3 is 2.75 bits per heavy atom. The molecule has 0 amide bonds. The molecule has 2 rings (SSSR count). The van der Waals surface area contributed by atoms with Crippen molar-refractivity contribution >= 4 is 21.9 Å². The second-order valence-corrected chi connectivity index (χ2v) is 4.07. The molecule has 6 nitrogen and oxygen atoms in total. The summed E-state index contributed by atoms with van der Waals surface area (Å²) in [5, 5.41) is 4.37. The van der Waals surface area contributed by atoms with Crippen molar-refractivity contribution in [2.45, 2.75) is 13.8 Å². The number of nitrogens with two attached hydrogens (primary N) is 1. The van der Waals surface area contributed by atoms with Crippen molar-refractivity contribution in [3.05, 3.63) is 28.1 Å². The summed E-state index contributed by atoms with van der Waals surface area (Å²) in [6.07, 6.45) is 1.63. The van der Waals surface area contributed by atoms with Crippen molar-refractivity contribution < 1.29 is 0 Å². The third kappa shape index (κ3) is 1.79. The Labute approximate surface area is 101 Å². The maximum Gasteiger partial charge on any atom is 0.239 e. The van der Waals surface area contributed by atoms with E-state index in [2.05, 4.69) is 36.4 Å². The lowest BCUT2D eigenvalue weighted by Gasteiger charge is -2.04. The summed E-state index contributed by atoms with van der Waals surface area (Å²) in [6, 6.07) is 1.77. The van der Waals surface area contributed by atoms with Gasteiger partial charge in [0.15, 0.2) is 5.82 Å². The number of aromatic nitrogens is 4. The number of nitrogens with one attached hydrogen (secondary N) is 1. The summed E-state index contributed by atoms with van der Waals surface area (Å²) >= 11 is 3.47. The van der Waals surface area contributed by atoms with E-state index in [4.69, 9.17) is 5.84 Å². The standard InChI is InChI=1S/C9H11BrN6/c1-5-8(10)6(2)16(15-5)7-3-4-12-9(13-7)14-11/h3-4H,11H2,1-2H3,(H,12,13,14). The van der Waals surface area contributed by atoms with Gasteiger partial charge in [0.25, 0.3) is 0 Å². The highest BCUT2D eigenvalue weighted by Crippen LogP contribution is 2.22. The number of halogens is 1. The highest BCUT2D eigenvalue weighted by atomic mass is 79.9. The van der Waals surface area contributed by atoms with Gasteiger partial charge in [0.1, 0.15) is 0 Å². The van der Waals surface area contributed by atoms with E-state index in [0.29, 0.717) is 11.8 Å². The van der Waals surface area contributed by atoms with E-state index in [9.17, 15) is 0 Å². The first-order chi connectivity index (χ1) is 7.63. The maximum absolute atomic E-state index is 5.26. The Bertz CT molecular complexity index is 521. The summed E-state index contributed by atoms with van der Waals surface area (Å²) in [4.78, 5) is 8.15. The Kier molecular flexibility index (Phi) is 2.88. The first-order valence-electron chi connectivity index (χ1n) is 4.65. The number of hydrogen-bond acceptors (Lipinski definition) is 5. The smallest absolute Gasteiger partial charge is 0.239 e. The lowest BCUT2D eigenvalue weighted by atomic mass is 10.4. The highest BCUT2D eigenvalue weighted by Gasteiger charge is 2.11. The molecular formula is C9H11BrN6. The molecule has 0 radical (unpaired) electrons. The minimum absolute atomic E-state index is 0.362. The maximum atomic E-state index is 5.26. The molecule has 0 spiro atoms. The van der Waals surface area contributed by atoms with Gasteiger partial charge in [-0.3, -0.25) is 5.43 Å². The van der Waals surface area contributed by atoms with Crippen LogP contribution in [0.1, 0.15) is 11.4 Å². The number of rotatable bonds is 2. The molecular weight excluding hydrogens is 272 g/mol. The molecule has 2 aromatic heterocycles. The lowest BCUT2D eigenvalue weighted by Crippen LogP contribution is -2.12. The first kappa shape index (κ1) is 11.0. The van der Waals surface area contributed by atoms with Crippen LogP contribution in [-0.2, 0) is 0 Å². The van der Waals surface area contributed by atoms with E-state index >= 15 is 0 Å². The number of hydrogen-bond donors (Lipinski definition) is 2. The van der Waals surface area contributed by atoms with E-state index in [0.717, 1.165) is 15.9 Å². The van der Waals surface area contributed by atoms with E-state index in [1.165, 1.54) is 0 Å². The number of aryl methyl sites for hydroxylation is 1. The Morgan fingerprint density at radius 2 is 2.19 bits per heavy atom. The van der Waals surface area contributed by atoms with Crippen molar-refractivity contribution in [3.8, 4) is 5.82 Å². The molecule has 0 aromatic carbocycles. The Hall–Kier alpha value is -1.47. The average molecular weight is 283 g/mol. The van der Waals surface area contributed by atoms with Crippen LogP contribution in [-0.4, -0.2) is 19.7 Å². The average Bonchev–Trinajstić information content (AvgIpc) is 2.57. The number of hydrazine groups is 1. The molecule has 0 atom stereocenters. The normalized spacial score (nSPS) is 10.5. The molecule has 2 heterocycles. The van der Waals surface area contributed by atoms with Crippen LogP contribution >= 0.6 is 15.9 Å². The molecule has 16 heavy (non-hydrogen) atoms. The fraction of sp³-hybridized carbons (Fsp3) is 0.222. The fourth-order valence-electron chi connectivity index (χ4n) is 1.38. The lowest BCUT2D eigenvalue weighted by molar-refractivity contribution is 0.801. The van der Waals surface area contributed by atoms with Gasteiger partial charge in [-0.05, 0) is 29.8 Å². The Balaban J connectivity index is 2.54. The SMILES string of the molecule is Cc1nn(-c2ccnc(NN)n2)c(C)c1Br. The van der Waals surface area contributed by atoms with Crippen LogP contribution in [0.4, 0.5) is 5.95 Å². The van der Waals surface area contributed by atoms with Gasteiger partial charge in [-0.15, -0.1) is 0 Å².